The molecule has 218 valence electrons. The van der Waals surface area contributed by atoms with Crippen LogP contribution in [0.25, 0.3) is 0 Å². The van der Waals surface area contributed by atoms with E-state index in [0.29, 0.717) is 31.8 Å². The molecule has 1 aromatic rings. The molecule has 0 saturated carbocycles. The normalized spacial score (nSPS) is 12.4. The van der Waals surface area contributed by atoms with Crippen LogP contribution in [0.5, 0.6) is 0 Å². The maximum absolute atomic E-state index is 12.1. The lowest BCUT2D eigenvalue weighted by Crippen LogP contribution is -2.35. The highest BCUT2D eigenvalue weighted by Gasteiger charge is 2.05. The third-order valence-electron chi connectivity index (χ3n) is 5.94. The molecule has 0 heterocycles. The topological polar surface area (TPSA) is 58.2 Å². The molecule has 0 saturated heterocycles. The Labute approximate surface area is 244 Å². The Morgan fingerprint density at radius 2 is 1.05 bits per heavy atom. The van der Waals surface area contributed by atoms with Crippen molar-refractivity contribution in [2.75, 3.05) is 13.1 Å². The van der Waals surface area contributed by atoms with E-state index in [9.17, 15) is 9.59 Å². The van der Waals surface area contributed by atoms with E-state index in [1.54, 1.807) is 0 Å². The molecule has 0 aliphatic carbocycles. The second-order valence-electron chi connectivity index (χ2n) is 10.2. The molecule has 1 rings (SSSR count). The highest BCUT2D eigenvalue weighted by atomic mass is 16.2. The van der Waals surface area contributed by atoms with Gasteiger partial charge in [0.15, 0.2) is 0 Å². The predicted octanol–water partition coefficient (Wildman–Crippen LogP) is 8.14. The lowest BCUT2D eigenvalue weighted by Gasteiger charge is -2.08. The average molecular weight is 545 g/mol. The maximum atomic E-state index is 12.1. The van der Waals surface area contributed by atoms with Gasteiger partial charge >= 0.3 is 0 Å². The first-order valence-electron chi connectivity index (χ1n) is 15.0. The number of carbonyl (C=O) groups excluding carboxylic acids is 2. The molecule has 0 aliphatic rings. The van der Waals surface area contributed by atoms with Crippen LogP contribution in [0.1, 0.15) is 83.3 Å². The minimum Gasteiger partial charge on any atom is -0.354 e. The molecule has 0 atom stereocenters. The standard InChI is InChI=1S/C36H52N2O2/c1-4-5-6-7-8-9-10-11-12-13-14-15-16-17-18-19-20-21-22-23-35(39)37-28-29-38-36(40)31-34-26-24-33(25-27-34)30-32(2)3/h5-6,8-9,11-12,14-15,17-18,20-21,24-27,32H,4,7,10,13,16,19,22-23,28-31H2,1-3H3,(H,37,39)(H,38,40). The molecule has 0 aliphatic heterocycles. The molecule has 2 amide bonds. The maximum Gasteiger partial charge on any atom is 0.224 e. The molecule has 4 heteroatoms. The minimum absolute atomic E-state index is 0.00881. The SMILES string of the molecule is CCC=CCC=CCC=CCC=CCC=CCC=CCCC(=O)NCCNC(=O)Cc1ccc(CC(C)C)cc1. The summed E-state index contributed by atoms with van der Waals surface area (Å²) >= 11 is 0. The molecule has 0 spiro atoms. The molecular formula is C36H52N2O2. The lowest BCUT2D eigenvalue weighted by atomic mass is 10.0. The number of allylic oxidation sites excluding steroid dienone is 12. The molecule has 0 radical (unpaired) electrons. The van der Waals surface area contributed by atoms with E-state index in [1.807, 2.05) is 18.2 Å². The number of rotatable bonds is 21. The summed E-state index contributed by atoms with van der Waals surface area (Å²) in [5.41, 5.74) is 2.30. The summed E-state index contributed by atoms with van der Waals surface area (Å²) in [6.07, 6.45) is 34.6. The molecule has 0 unspecified atom stereocenters. The van der Waals surface area contributed by atoms with E-state index in [-0.39, 0.29) is 11.8 Å². The van der Waals surface area contributed by atoms with Crippen molar-refractivity contribution in [1.82, 2.24) is 10.6 Å². The largest absolute Gasteiger partial charge is 0.354 e. The summed E-state index contributed by atoms with van der Waals surface area (Å²) in [6.45, 7) is 7.44. The van der Waals surface area contributed by atoms with Crippen LogP contribution in [0.3, 0.4) is 0 Å². The van der Waals surface area contributed by atoms with Crippen molar-refractivity contribution in [2.24, 2.45) is 5.92 Å². The smallest absolute Gasteiger partial charge is 0.224 e. The van der Waals surface area contributed by atoms with Crippen LogP contribution in [0.4, 0.5) is 0 Å². The van der Waals surface area contributed by atoms with Crippen LogP contribution >= 0.6 is 0 Å². The first-order chi connectivity index (χ1) is 19.5. The van der Waals surface area contributed by atoms with Gasteiger partial charge < -0.3 is 10.6 Å². The van der Waals surface area contributed by atoms with Gasteiger partial charge in [-0.2, -0.15) is 0 Å². The summed E-state index contributed by atoms with van der Waals surface area (Å²) in [5, 5.41) is 5.74. The second kappa shape index (κ2) is 24.6. The predicted molar refractivity (Wildman–Crippen MR) is 172 cm³/mol. The van der Waals surface area contributed by atoms with E-state index in [1.165, 1.54) is 5.56 Å². The molecule has 0 aromatic heterocycles. The Morgan fingerprint density at radius 3 is 1.52 bits per heavy atom. The quantitative estimate of drug-likeness (QED) is 0.121. The van der Waals surface area contributed by atoms with Gasteiger partial charge in [0.25, 0.3) is 0 Å². The van der Waals surface area contributed by atoms with Crippen LogP contribution in [0.2, 0.25) is 0 Å². The van der Waals surface area contributed by atoms with E-state index < -0.39 is 0 Å². The first-order valence-corrected chi connectivity index (χ1v) is 15.0. The summed E-state index contributed by atoms with van der Waals surface area (Å²) < 4.78 is 0. The van der Waals surface area contributed by atoms with Crippen LogP contribution in [0.15, 0.2) is 97.2 Å². The van der Waals surface area contributed by atoms with Crippen molar-refractivity contribution in [3.8, 4) is 0 Å². The van der Waals surface area contributed by atoms with E-state index in [2.05, 4.69) is 110 Å². The van der Waals surface area contributed by atoms with Gasteiger partial charge in [0, 0.05) is 19.5 Å². The van der Waals surface area contributed by atoms with E-state index in [0.717, 1.165) is 56.9 Å². The zero-order chi connectivity index (χ0) is 29.1. The molecular weight excluding hydrogens is 492 g/mol. The fourth-order valence-electron chi connectivity index (χ4n) is 3.86. The lowest BCUT2D eigenvalue weighted by molar-refractivity contribution is -0.122. The molecule has 40 heavy (non-hydrogen) atoms. The number of carbonyl (C=O) groups is 2. The molecule has 0 fully saturated rings. The second-order valence-corrected chi connectivity index (χ2v) is 10.2. The summed E-state index contributed by atoms with van der Waals surface area (Å²) in [5.74, 6) is 0.605. The van der Waals surface area contributed by atoms with Gasteiger partial charge in [-0.05, 0) is 68.4 Å². The summed E-state index contributed by atoms with van der Waals surface area (Å²) in [6, 6.07) is 8.24. The number of nitrogens with one attached hydrogen (secondary N) is 2. The highest BCUT2D eigenvalue weighted by Crippen LogP contribution is 2.10. The van der Waals surface area contributed by atoms with Crippen molar-refractivity contribution in [3.63, 3.8) is 0 Å². The van der Waals surface area contributed by atoms with Crippen LogP contribution in [-0.2, 0) is 22.4 Å². The van der Waals surface area contributed by atoms with Crippen molar-refractivity contribution < 1.29 is 9.59 Å². The van der Waals surface area contributed by atoms with Gasteiger partial charge in [-0.15, -0.1) is 0 Å². The van der Waals surface area contributed by atoms with Crippen molar-refractivity contribution in [2.45, 2.75) is 85.0 Å². The average Bonchev–Trinajstić information content (AvgIpc) is 2.93. The summed E-state index contributed by atoms with van der Waals surface area (Å²) in [7, 11) is 0. The highest BCUT2D eigenvalue weighted by molar-refractivity contribution is 5.79. The molecule has 1 aromatic carbocycles. The number of hydrogen-bond donors (Lipinski definition) is 2. The van der Waals surface area contributed by atoms with Crippen molar-refractivity contribution in [3.05, 3.63) is 108 Å². The van der Waals surface area contributed by atoms with Gasteiger partial charge in [-0.3, -0.25) is 9.59 Å². The van der Waals surface area contributed by atoms with Gasteiger partial charge in [0.1, 0.15) is 0 Å². The van der Waals surface area contributed by atoms with Crippen LogP contribution in [0, 0.1) is 5.92 Å². The van der Waals surface area contributed by atoms with E-state index >= 15 is 0 Å². The summed E-state index contributed by atoms with van der Waals surface area (Å²) in [4.78, 5) is 24.1. The first kappa shape index (κ1) is 34.6. The van der Waals surface area contributed by atoms with Gasteiger partial charge in [0.2, 0.25) is 11.8 Å². The molecule has 4 nitrogen and oxygen atoms in total. The number of amides is 2. The van der Waals surface area contributed by atoms with Crippen LogP contribution < -0.4 is 10.6 Å². The Kier molecular flexibility index (Phi) is 21.3. The fraction of sp³-hybridized carbons (Fsp3) is 0.444. The Morgan fingerprint density at radius 1 is 0.625 bits per heavy atom. The van der Waals surface area contributed by atoms with Gasteiger partial charge in [-0.1, -0.05) is 118 Å². The van der Waals surface area contributed by atoms with Gasteiger partial charge in [-0.25, -0.2) is 0 Å². The zero-order valence-corrected chi connectivity index (χ0v) is 25.1. The Bertz CT molecular complexity index is 979. The van der Waals surface area contributed by atoms with Crippen molar-refractivity contribution >= 4 is 11.8 Å². The van der Waals surface area contributed by atoms with Crippen molar-refractivity contribution in [1.29, 1.82) is 0 Å². The molecule has 2 N–H and O–H groups in total. The number of hydrogen-bond acceptors (Lipinski definition) is 2. The fourth-order valence-corrected chi connectivity index (χ4v) is 3.86. The Hall–Kier alpha value is -3.40. The third kappa shape index (κ3) is 21.5. The van der Waals surface area contributed by atoms with E-state index in [4.69, 9.17) is 0 Å². The minimum atomic E-state index is -0.0242. The monoisotopic (exact) mass is 544 g/mol. The Balaban J connectivity index is 2.00. The third-order valence-corrected chi connectivity index (χ3v) is 5.94. The molecule has 0 bridgehead atoms. The zero-order valence-electron chi connectivity index (χ0n) is 25.1. The number of benzene rings is 1. The van der Waals surface area contributed by atoms with Crippen LogP contribution in [-0.4, -0.2) is 24.9 Å². The van der Waals surface area contributed by atoms with Gasteiger partial charge in [0.05, 0.1) is 6.42 Å².